The number of aromatic nitrogens is 2. The smallest absolute Gasteiger partial charge is 0.208 e. The average Bonchev–Trinajstić information content (AvgIpc) is 2.04. The van der Waals surface area contributed by atoms with Gasteiger partial charge < -0.3 is 0 Å². The molecule has 0 saturated carbocycles. The second-order valence-electron chi connectivity index (χ2n) is 1.58. The largest absolute Gasteiger partial charge is 0.221 e. The van der Waals surface area contributed by atoms with Crippen LogP contribution in [-0.2, 0) is 0 Å². The summed E-state index contributed by atoms with van der Waals surface area (Å²) >= 11 is 0. The maximum absolute atomic E-state index is 12.2. The van der Waals surface area contributed by atoms with Gasteiger partial charge in [0, 0.05) is 0 Å². The SMILES string of the molecule is CC.Cc1c(F)ncnc1F. The van der Waals surface area contributed by atoms with Gasteiger partial charge >= 0.3 is 0 Å². The molecule has 0 atom stereocenters. The van der Waals surface area contributed by atoms with Gasteiger partial charge in [0.25, 0.3) is 0 Å². The minimum absolute atomic E-state index is 0.141. The second kappa shape index (κ2) is 4.71. The van der Waals surface area contributed by atoms with Crippen molar-refractivity contribution in [1.82, 2.24) is 9.97 Å². The number of hydrogen-bond acceptors (Lipinski definition) is 2. The molecule has 0 aliphatic carbocycles. The fourth-order valence-corrected chi connectivity index (χ4v) is 0.409. The Morgan fingerprint density at radius 1 is 1.09 bits per heavy atom. The van der Waals surface area contributed by atoms with Crippen molar-refractivity contribution in [2.75, 3.05) is 0 Å². The Morgan fingerprint density at radius 3 is 1.73 bits per heavy atom. The zero-order valence-corrected chi connectivity index (χ0v) is 6.73. The maximum Gasteiger partial charge on any atom is 0.221 e. The lowest BCUT2D eigenvalue weighted by molar-refractivity contribution is 0.510. The fourth-order valence-electron chi connectivity index (χ4n) is 0.409. The van der Waals surface area contributed by atoms with Gasteiger partial charge in [-0.2, -0.15) is 8.78 Å². The van der Waals surface area contributed by atoms with E-state index in [0.717, 1.165) is 6.33 Å². The summed E-state index contributed by atoms with van der Waals surface area (Å²) in [5.41, 5.74) is -0.141. The molecule has 1 aromatic heterocycles. The zero-order valence-electron chi connectivity index (χ0n) is 6.73. The van der Waals surface area contributed by atoms with Crippen molar-refractivity contribution >= 4 is 0 Å². The molecule has 0 amide bonds. The lowest BCUT2D eigenvalue weighted by Crippen LogP contribution is -1.94. The Kier molecular flexibility index (Phi) is 4.26. The van der Waals surface area contributed by atoms with E-state index in [2.05, 4.69) is 9.97 Å². The summed E-state index contributed by atoms with van der Waals surface area (Å²) in [6.07, 6.45) is 0.845. The first-order chi connectivity index (χ1) is 5.22. The molecule has 0 fully saturated rings. The molecule has 0 aliphatic heterocycles. The van der Waals surface area contributed by atoms with Crippen LogP contribution in [-0.4, -0.2) is 9.97 Å². The van der Waals surface area contributed by atoms with Gasteiger partial charge in [0.15, 0.2) is 0 Å². The lowest BCUT2D eigenvalue weighted by Gasteiger charge is -1.91. The third-order valence-electron chi connectivity index (χ3n) is 0.961. The van der Waals surface area contributed by atoms with Crippen LogP contribution in [0.5, 0.6) is 0 Å². The van der Waals surface area contributed by atoms with E-state index < -0.39 is 11.9 Å². The Bertz CT molecular complexity index is 205. The molecule has 11 heavy (non-hydrogen) atoms. The van der Waals surface area contributed by atoms with E-state index in [4.69, 9.17) is 0 Å². The summed E-state index contributed by atoms with van der Waals surface area (Å²) in [5, 5.41) is 0. The van der Waals surface area contributed by atoms with Gasteiger partial charge in [0.1, 0.15) is 6.33 Å². The molecule has 0 radical (unpaired) electrons. The van der Waals surface area contributed by atoms with Gasteiger partial charge in [-0.05, 0) is 6.92 Å². The Balaban J connectivity index is 0.000000461. The molecule has 0 unspecified atom stereocenters. The molecule has 0 saturated heterocycles. The molecular formula is C7H10F2N2. The number of halogens is 2. The third kappa shape index (κ3) is 2.57. The van der Waals surface area contributed by atoms with Crippen LogP contribution < -0.4 is 0 Å². The van der Waals surface area contributed by atoms with E-state index in [0.29, 0.717) is 0 Å². The Morgan fingerprint density at radius 2 is 1.45 bits per heavy atom. The highest BCUT2D eigenvalue weighted by Gasteiger charge is 2.02. The minimum atomic E-state index is -0.803. The summed E-state index contributed by atoms with van der Waals surface area (Å²) < 4.78 is 24.4. The predicted molar refractivity (Wildman–Crippen MR) is 38.0 cm³/mol. The molecule has 2 nitrogen and oxygen atoms in total. The Hall–Kier alpha value is -1.06. The maximum atomic E-state index is 12.2. The topological polar surface area (TPSA) is 25.8 Å². The highest BCUT2D eigenvalue weighted by molar-refractivity contribution is 5.03. The standard InChI is InChI=1S/C5H4F2N2.C2H6/c1-3-4(6)8-2-9-5(3)7;1-2/h2H,1H3;1-2H3. The van der Waals surface area contributed by atoms with Crippen LogP contribution in [0.1, 0.15) is 19.4 Å². The highest BCUT2D eigenvalue weighted by Crippen LogP contribution is 2.02. The van der Waals surface area contributed by atoms with Gasteiger partial charge in [0.05, 0.1) is 5.56 Å². The number of hydrogen-bond donors (Lipinski definition) is 0. The predicted octanol–water partition coefficient (Wildman–Crippen LogP) is 2.09. The summed E-state index contributed by atoms with van der Waals surface area (Å²) in [6.45, 7) is 5.28. The summed E-state index contributed by atoms with van der Waals surface area (Å²) in [5.74, 6) is -1.61. The summed E-state index contributed by atoms with van der Waals surface area (Å²) in [7, 11) is 0. The molecule has 0 bridgehead atoms. The first-order valence-corrected chi connectivity index (χ1v) is 3.34. The van der Waals surface area contributed by atoms with Crippen LogP contribution in [0.15, 0.2) is 6.33 Å². The third-order valence-corrected chi connectivity index (χ3v) is 0.961. The van der Waals surface area contributed by atoms with E-state index in [-0.39, 0.29) is 5.56 Å². The molecule has 0 N–H and O–H groups in total. The van der Waals surface area contributed by atoms with Crippen LogP contribution in [0.25, 0.3) is 0 Å². The van der Waals surface area contributed by atoms with E-state index >= 15 is 0 Å². The van der Waals surface area contributed by atoms with Gasteiger partial charge in [-0.3, -0.25) is 0 Å². The molecule has 1 rings (SSSR count). The molecule has 0 aliphatic rings. The molecular weight excluding hydrogens is 150 g/mol. The first kappa shape index (κ1) is 9.94. The molecule has 1 heterocycles. The molecule has 1 aromatic rings. The quantitative estimate of drug-likeness (QED) is 0.543. The van der Waals surface area contributed by atoms with Crippen molar-refractivity contribution in [1.29, 1.82) is 0 Å². The van der Waals surface area contributed by atoms with Gasteiger partial charge in [-0.15, -0.1) is 0 Å². The van der Waals surface area contributed by atoms with Crippen molar-refractivity contribution in [3.05, 3.63) is 23.8 Å². The molecule has 0 aromatic carbocycles. The summed E-state index contributed by atoms with van der Waals surface area (Å²) in [6, 6.07) is 0. The van der Waals surface area contributed by atoms with Crippen molar-refractivity contribution < 1.29 is 8.78 Å². The monoisotopic (exact) mass is 160 g/mol. The van der Waals surface area contributed by atoms with E-state index in [1.54, 1.807) is 0 Å². The van der Waals surface area contributed by atoms with Gasteiger partial charge in [-0.25, -0.2) is 9.97 Å². The highest BCUT2D eigenvalue weighted by atomic mass is 19.1. The van der Waals surface area contributed by atoms with Crippen molar-refractivity contribution in [3.63, 3.8) is 0 Å². The van der Waals surface area contributed by atoms with Crippen molar-refractivity contribution in [3.8, 4) is 0 Å². The minimum Gasteiger partial charge on any atom is -0.208 e. The van der Waals surface area contributed by atoms with Gasteiger partial charge in [-0.1, -0.05) is 13.8 Å². The van der Waals surface area contributed by atoms with Crippen LogP contribution >= 0.6 is 0 Å². The second-order valence-corrected chi connectivity index (χ2v) is 1.58. The van der Waals surface area contributed by atoms with Crippen molar-refractivity contribution in [2.24, 2.45) is 0 Å². The Labute approximate surface area is 64.3 Å². The van der Waals surface area contributed by atoms with Crippen molar-refractivity contribution in [2.45, 2.75) is 20.8 Å². The van der Waals surface area contributed by atoms with Crippen LogP contribution in [0, 0.1) is 18.8 Å². The molecule has 0 spiro atoms. The van der Waals surface area contributed by atoms with Gasteiger partial charge in [0.2, 0.25) is 11.9 Å². The van der Waals surface area contributed by atoms with Crippen LogP contribution in [0.3, 0.4) is 0 Å². The number of rotatable bonds is 0. The van der Waals surface area contributed by atoms with E-state index in [1.165, 1.54) is 6.92 Å². The lowest BCUT2D eigenvalue weighted by atomic mass is 10.4. The van der Waals surface area contributed by atoms with Crippen LogP contribution in [0.2, 0.25) is 0 Å². The molecule has 4 heteroatoms. The zero-order chi connectivity index (χ0) is 8.85. The number of nitrogens with zero attached hydrogens (tertiary/aromatic N) is 2. The van der Waals surface area contributed by atoms with Crippen LogP contribution in [0.4, 0.5) is 8.78 Å². The molecule has 62 valence electrons. The van der Waals surface area contributed by atoms with E-state index in [9.17, 15) is 8.78 Å². The van der Waals surface area contributed by atoms with E-state index in [1.807, 2.05) is 13.8 Å². The summed E-state index contributed by atoms with van der Waals surface area (Å²) in [4.78, 5) is 6.24. The first-order valence-electron chi connectivity index (χ1n) is 3.34. The fraction of sp³-hybridized carbons (Fsp3) is 0.429. The normalized spacial score (nSPS) is 8.45. The average molecular weight is 160 g/mol.